The molecule has 60 valence electrons. The van der Waals surface area contributed by atoms with Gasteiger partial charge in [0.25, 0.3) is 0 Å². The summed E-state index contributed by atoms with van der Waals surface area (Å²) < 4.78 is 12.5. The topological polar surface area (TPSA) is 63.8 Å². The number of nitrogens with one attached hydrogen (secondary N) is 1. The Bertz CT molecular complexity index is 230. The molecule has 1 aromatic heterocycles. The van der Waals surface area contributed by atoms with E-state index in [1.807, 2.05) is 6.92 Å². The molecular formula is C6H9FN4. The van der Waals surface area contributed by atoms with Gasteiger partial charge in [-0.3, -0.25) is 0 Å². The highest BCUT2D eigenvalue weighted by molar-refractivity contribution is 5.35. The van der Waals surface area contributed by atoms with E-state index in [2.05, 4.69) is 15.3 Å². The summed E-state index contributed by atoms with van der Waals surface area (Å²) in [4.78, 5) is 7.19. The van der Waals surface area contributed by atoms with E-state index in [9.17, 15) is 4.39 Å². The Balaban J connectivity index is 2.89. The number of nitrogen functional groups attached to an aromatic ring is 1. The molecule has 3 N–H and O–H groups in total. The first kappa shape index (κ1) is 7.71. The summed E-state index contributed by atoms with van der Waals surface area (Å²) in [5.41, 5.74) is 5.26. The SMILES string of the molecule is CCNc1nc(N)cc(F)n1. The Morgan fingerprint density at radius 1 is 1.64 bits per heavy atom. The van der Waals surface area contributed by atoms with E-state index in [4.69, 9.17) is 5.73 Å². The number of nitrogens with zero attached hydrogens (tertiary/aromatic N) is 2. The molecule has 0 aliphatic heterocycles. The third kappa shape index (κ3) is 2.03. The van der Waals surface area contributed by atoms with Gasteiger partial charge in [-0.15, -0.1) is 0 Å². The monoisotopic (exact) mass is 156 g/mol. The minimum atomic E-state index is -0.617. The fourth-order valence-corrected chi connectivity index (χ4v) is 0.672. The minimum absolute atomic E-state index is 0.133. The van der Waals surface area contributed by atoms with Crippen molar-refractivity contribution in [2.45, 2.75) is 6.92 Å². The van der Waals surface area contributed by atoms with Gasteiger partial charge in [0.05, 0.1) is 0 Å². The summed E-state index contributed by atoms with van der Waals surface area (Å²) in [5.74, 6) is -0.257. The van der Waals surface area contributed by atoms with E-state index in [-0.39, 0.29) is 11.8 Å². The maximum atomic E-state index is 12.5. The molecule has 0 aliphatic carbocycles. The van der Waals surface area contributed by atoms with Crippen molar-refractivity contribution in [3.63, 3.8) is 0 Å². The zero-order valence-electron chi connectivity index (χ0n) is 6.13. The van der Waals surface area contributed by atoms with Crippen LogP contribution in [-0.4, -0.2) is 16.5 Å². The molecule has 1 aromatic rings. The standard InChI is InChI=1S/C6H9FN4/c1-2-9-6-10-4(7)3-5(8)11-6/h3H,2H2,1H3,(H3,8,9,10,11). The lowest BCUT2D eigenvalue weighted by molar-refractivity contribution is 0.582. The van der Waals surface area contributed by atoms with Crippen LogP contribution in [0.1, 0.15) is 6.92 Å². The molecular weight excluding hydrogens is 147 g/mol. The summed E-state index contributed by atoms with van der Waals surface area (Å²) in [5, 5.41) is 2.75. The number of nitrogens with two attached hydrogens (primary N) is 1. The number of hydrogen-bond acceptors (Lipinski definition) is 4. The zero-order chi connectivity index (χ0) is 8.27. The fraction of sp³-hybridized carbons (Fsp3) is 0.333. The first-order valence-electron chi connectivity index (χ1n) is 3.26. The van der Waals surface area contributed by atoms with Crippen molar-refractivity contribution < 1.29 is 4.39 Å². The lowest BCUT2D eigenvalue weighted by Crippen LogP contribution is -2.05. The van der Waals surface area contributed by atoms with Crippen molar-refractivity contribution in [1.82, 2.24) is 9.97 Å². The largest absolute Gasteiger partial charge is 0.383 e. The average molecular weight is 156 g/mol. The molecule has 5 heteroatoms. The van der Waals surface area contributed by atoms with Gasteiger partial charge in [-0.25, -0.2) is 0 Å². The summed E-state index contributed by atoms with van der Waals surface area (Å²) in [6.07, 6.45) is 0. The Morgan fingerprint density at radius 2 is 2.36 bits per heavy atom. The number of rotatable bonds is 2. The smallest absolute Gasteiger partial charge is 0.227 e. The van der Waals surface area contributed by atoms with Gasteiger partial charge in [-0.05, 0) is 6.92 Å². The second-order valence-electron chi connectivity index (χ2n) is 1.97. The molecule has 0 bridgehead atoms. The van der Waals surface area contributed by atoms with Crippen LogP contribution in [0.25, 0.3) is 0 Å². The van der Waals surface area contributed by atoms with Gasteiger partial charge in [0.15, 0.2) is 0 Å². The van der Waals surface area contributed by atoms with Gasteiger partial charge in [-0.1, -0.05) is 0 Å². The molecule has 0 amide bonds. The second kappa shape index (κ2) is 3.14. The highest BCUT2D eigenvalue weighted by Gasteiger charge is 1.98. The molecule has 0 atom stereocenters. The molecule has 1 heterocycles. The predicted octanol–water partition coefficient (Wildman–Crippen LogP) is 0.630. The van der Waals surface area contributed by atoms with Crippen LogP contribution in [0.4, 0.5) is 16.2 Å². The molecule has 0 radical (unpaired) electrons. The summed E-state index contributed by atoms with van der Waals surface area (Å²) in [6, 6.07) is 1.07. The molecule has 0 fully saturated rings. The van der Waals surface area contributed by atoms with Crippen LogP contribution in [0.2, 0.25) is 0 Å². The first-order chi connectivity index (χ1) is 5.22. The van der Waals surface area contributed by atoms with Gasteiger partial charge < -0.3 is 11.1 Å². The van der Waals surface area contributed by atoms with Crippen molar-refractivity contribution in [1.29, 1.82) is 0 Å². The van der Waals surface area contributed by atoms with Crippen LogP contribution in [0.3, 0.4) is 0 Å². The van der Waals surface area contributed by atoms with Crippen LogP contribution in [0.15, 0.2) is 6.07 Å². The van der Waals surface area contributed by atoms with E-state index in [1.165, 1.54) is 0 Å². The average Bonchev–Trinajstić information content (AvgIpc) is 1.85. The lowest BCUT2D eigenvalue weighted by Gasteiger charge is -2.00. The zero-order valence-corrected chi connectivity index (χ0v) is 6.13. The molecule has 0 unspecified atom stereocenters. The maximum Gasteiger partial charge on any atom is 0.227 e. The van der Waals surface area contributed by atoms with Crippen molar-refractivity contribution in [3.05, 3.63) is 12.0 Å². The molecule has 0 aromatic carbocycles. The van der Waals surface area contributed by atoms with Crippen LogP contribution >= 0.6 is 0 Å². The van der Waals surface area contributed by atoms with Crippen LogP contribution in [0.5, 0.6) is 0 Å². The van der Waals surface area contributed by atoms with Gasteiger partial charge in [0, 0.05) is 12.6 Å². The number of halogens is 1. The Hall–Kier alpha value is -1.39. The summed E-state index contributed by atoms with van der Waals surface area (Å²) in [7, 11) is 0. The van der Waals surface area contributed by atoms with Crippen LogP contribution in [-0.2, 0) is 0 Å². The normalized spacial score (nSPS) is 9.64. The summed E-state index contributed by atoms with van der Waals surface area (Å²) in [6.45, 7) is 2.51. The van der Waals surface area contributed by atoms with E-state index in [1.54, 1.807) is 0 Å². The molecule has 0 saturated heterocycles. The minimum Gasteiger partial charge on any atom is -0.383 e. The van der Waals surface area contributed by atoms with E-state index in [0.717, 1.165) is 6.07 Å². The van der Waals surface area contributed by atoms with Crippen LogP contribution < -0.4 is 11.1 Å². The van der Waals surface area contributed by atoms with E-state index < -0.39 is 5.95 Å². The molecule has 4 nitrogen and oxygen atoms in total. The Labute approximate surface area is 63.7 Å². The van der Waals surface area contributed by atoms with Crippen molar-refractivity contribution in [2.75, 3.05) is 17.6 Å². The molecule has 11 heavy (non-hydrogen) atoms. The molecule has 0 aliphatic rings. The van der Waals surface area contributed by atoms with Crippen molar-refractivity contribution >= 4 is 11.8 Å². The maximum absolute atomic E-state index is 12.5. The third-order valence-electron chi connectivity index (χ3n) is 1.05. The third-order valence-corrected chi connectivity index (χ3v) is 1.05. The number of aromatic nitrogens is 2. The highest BCUT2D eigenvalue weighted by Crippen LogP contribution is 2.04. The molecule has 0 spiro atoms. The first-order valence-corrected chi connectivity index (χ1v) is 3.26. The van der Waals surface area contributed by atoms with Gasteiger partial charge in [0.2, 0.25) is 11.9 Å². The Morgan fingerprint density at radius 3 is 2.91 bits per heavy atom. The van der Waals surface area contributed by atoms with Crippen molar-refractivity contribution in [3.8, 4) is 0 Å². The molecule has 0 saturated carbocycles. The second-order valence-corrected chi connectivity index (χ2v) is 1.97. The van der Waals surface area contributed by atoms with Gasteiger partial charge >= 0.3 is 0 Å². The fourth-order valence-electron chi connectivity index (χ4n) is 0.672. The van der Waals surface area contributed by atoms with Crippen LogP contribution in [0, 0.1) is 5.95 Å². The van der Waals surface area contributed by atoms with E-state index in [0.29, 0.717) is 6.54 Å². The number of anilines is 2. The predicted molar refractivity (Wildman–Crippen MR) is 40.6 cm³/mol. The van der Waals surface area contributed by atoms with E-state index >= 15 is 0 Å². The van der Waals surface area contributed by atoms with Crippen molar-refractivity contribution in [2.24, 2.45) is 0 Å². The van der Waals surface area contributed by atoms with Gasteiger partial charge in [-0.2, -0.15) is 14.4 Å². The number of hydrogen-bond donors (Lipinski definition) is 2. The van der Waals surface area contributed by atoms with Gasteiger partial charge in [0.1, 0.15) is 5.82 Å². The quantitative estimate of drug-likeness (QED) is 0.616. The molecule has 1 rings (SSSR count). The summed E-state index contributed by atoms with van der Waals surface area (Å²) >= 11 is 0. The Kier molecular flexibility index (Phi) is 2.20. The lowest BCUT2D eigenvalue weighted by atomic mass is 10.6. The highest BCUT2D eigenvalue weighted by atomic mass is 19.1.